The molecule has 0 spiro atoms. The van der Waals surface area contributed by atoms with E-state index in [-0.39, 0.29) is 34.9 Å². The van der Waals surface area contributed by atoms with Gasteiger partial charge >= 0.3 is 0 Å². The highest BCUT2D eigenvalue weighted by Gasteiger charge is 2.31. The van der Waals surface area contributed by atoms with E-state index in [1.54, 1.807) is 11.0 Å². The molecule has 1 N–H and O–H groups in total. The van der Waals surface area contributed by atoms with Gasteiger partial charge in [-0.3, -0.25) is 9.59 Å². The van der Waals surface area contributed by atoms with Crippen molar-refractivity contribution in [1.82, 2.24) is 10.2 Å². The number of hydrogen-bond donors (Lipinski definition) is 1. The van der Waals surface area contributed by atoms with Crippen molar-refractivity contribution < 1.29 is 14.0 Å². The van der Waals surface area contributed by atoms with Crippen molar-refractivity contribution in [2.75, 3.05) is 6.54 Å². The van der Waals surface area contributed by atoms with Crippen LogP contribution in [0.1, 0.15) is 50.2 Å². The predicted molar refractivity (Wildman–Crippen MR) is 121 cm³/mol. The summed E-state index contributed by atoms with van der Waals surface area (Å²) in [5, 5.41) is 3.34. The fourth-order valence-corrected chi connectivity index (χ4v) is 4.45. The molecule has 0 aliphatic heterocycles. The molecule has 6 heteroatoms. The average Bonchev–Trinajstić information content (AvgIpc) is 3.27. The Kier molecular flexibility index (Phi) is 8.47. The van der Waals surface area contributed by atoms with Gasteiger partial charge in [0.25, 0.3) is 0 Å². The Labute approximate surface area is 188 Å². The number of rotatable bonds is 9. The van der Waals surface area contributed by atoms with Gasteiger partial charge in [0.1, 0.15) is 11.9 Å². The largest absolute Gasteiger partial charge is 0.352 e. The zero-order valence-electron chi connectivity index (χ0n) is 17.9. The van der Waals surface area contributed by atoms with Crippen molar-refractivity contribution in [1.29, 1.82) is 0 Å². The lowest BCUT2D eigenvalue weighted by atomic mass is 10.1. The smallest absolute Gasteiger partial charge is 0.243 e. The molecule has 0 unspecified atom stereocenters. The number of benzene rings is 2. The van der Waals surface area contributed by atoms with E-state index in [0.717, 1.165) is 31.2 Å². The monoisotopic (exact) mass is 444 g/mol. The molecule has 166 valence electrons. The SMILES string of the molecule is CC[C@H](C(=O)NC1CCCC1)N(CCc1ccccc1)C(=O)Cc1c(F)cccc1Cl. The molecule has 4 nitrogen and oxygen atoms in total. The zero-order chi connectivity index (χ0) is 22.2. The van der Waals surface area contributed by atoms with Crippen molar-refractivity contribution in [3.63, 3.8) is 0 Å². The highest BCUT2D eigenvalue weighted by molar-refractivity contribution is 6.31. The van der Waals surface area contributed by atoms with E-state index in [9.17, 15) is 14.0 Å². The Bertz CT molecular complexity index is 864. The van der Waals surface area contributed by atoms with Gasteiger partial charge < -0.3 is 10.2 Å². The van der Waals surface area contributed by atoms with E-state index >= 15 is 0 Å². The molecule has 0 bridgehead atoms. The molecular weight excluding hydrogens is 415 g/mol. The zero-order valence-corrected chi connectivity index (χ0v) is 18.7. The van der Waals surface area contributed by atoms with Crippen LogP contribution in [0, 0.1) is 5.82 Å². The van der Waals surface area contributed by atoms with Gasteiger partial charge in [-0.25, -0.2) is 4.39 Å². The van der Waals surface area contributed by atoms with Crippen molar-refractivity contribution in [2.45, 2.75) is 64.0 Å². The summed E-state index contributed by atoms with van der Waals surface area (Å²) >= 11 is 6.15. The molecule has 2 aromatic rings. The maximum atomic E-state index is 14.3. The molecule has 1 fully saturated rings. The van der Waals surface area contributed by atoms with Gasteiger partial charge in [0, 0.05) is 23.2 Å². The number of amides is 2. The van der Waals surface area contributed by atoms with Crippen LogP contribution in [0.3, 0.4) is 0 Å². The maximum Gasteiger partial charge on any atom is 0.243 e. The molecule has 2 aromatic carbocycles. The summed E-state index contributed by atoms with van der Waals surface area (Å²) in [6, 6.07) is 13.8. The molecule has 0 heterocycles. The first-order valence-corrected chi connectivity index (χ1v) is 11.4. The molecular formula is C25H30ClFN2O2. The summed E-state index contributed by atoms with van der Waals surface area (Å²) in [5.74, 6) is -0.931. The second-order valence-corrected chi connectivity index (χ2v) is 8.52. The number of nitrogens with one attached hydrogen (secondary N) is 1. The van der Waals surface area contributed by atoms with E-state index < -0.39 is 11.9 Å². The van der Waals surface area contributed by atoms with Crippen LogP contribution in [0.2, 0.25) is 5.02 Å². The van der Waals surface area contributed by atoms with E-state index in [4.69, 9.17) is 11.6 Å². The minimum absolute atomic E-state index is 0.129. The quantitative estimate of drug-likeness (QED) is 0.596. The number of nitrogens with zero attached hydrogens (tertiary/aromatic N) is 1. The van der Waals surface area contributed by atoms with Gasteiger partial charge in [0.2, 0.25) is 11.8 Å². The Morgan fingerprint density at radius 2 is 1.84 bits per heavy atom. The summed E-state index contributed by atoms with van der Waals surface area (Å²) in [6.07, 6.45) is 5.12. The third-order valence-electron chi connectivity index (χ3n) is 5.96. The lowest BCUT2D eigenvalue weighted by Crippen LogP contribution is -2.52. The second kappa shape index (κ2) is 11.3. The Morgan fingerprint density at radius 1 is 1.13 bits per heavy atom. The summed E-state index contributed by atoms with van der Waals surface area (Å²) in [6.45, 7) is 2.28. The van der Waals surface area contributed by atoms with Crippen LogP contribution < -0.4 is 5.32 Å². The third kappa shape index (κ3) is 6.30. The van der Waals surface area contributed by atoms with Crippen LogP contribution in [0.15, 0.2) is 48.5 Å². The summed E-state index contributed by atoms with van der Waals surface area (Å²) in [5.41, 5.74) is 1.25. The summed E-state index contributed by atoms with van der Waals surface area (Å²) in [7, 11) is 0. The fraction of sp³-hybridized carbons (Fsp3) is 0.440. The molecule has 1 saturated carbocycles. The van der Waals surface area contributed by atoms with E-state index in [1.165, 1.54) is 12.1 Å². The van der Waals surface area contributed by atoms with Gasteiger partial charge in [0.15, 0.2) is 0 Å². The number of hydrogen-bond acceptors (Lipinski definition) is 2. The van der Waals surface area contributed by atoms with Gasteiger partial charge in [0.05, 0.1) is 6.42 Å². The first kappa shape index (κ1) is 23.3. The van der Waals surface area contributed by atoms with Crippen LogP contribution >= 0.6 is 11.6 Å². The van der Waals surface area contributed by atoms with Crippen LogP contribution in [0.25, 0.3) is 0 Å². The second-order valence-electron chi connectivity index (χ2n) is 8.11. The van der Waals surface area contributed by atoms with Gasteiger partial charge in [-0.15, -0.1) is 0 Å². The lowest BCUT2D eigenvalue weighted by molar-refractivity contribution is -0.140. The molecule has 0 aromatic heterocycles. The van der Waals surface area contributed by atoms with Crippen LogP contribution in [-0.4, -0.2) is 35.3 Å². The molecule has 2 amide bonds. The molecule has 0 radical (unpaired) electrons. The molecule has 1 aliphatic rings. The molecule has 1 aliphatic carbocycles. The topological polar surface area (TPSA) is 49.4 Å². The van der Waals surface area contributed by atoms with E-state index in [2.05, 4.69) is 5.32 Å². The van der Waals surface area contributed by atoms with Crippen LogP contribution in [-0.2, 0) is 22.4 Å². The van der Waals surface area contributed by atoms with Gasteiger partial charge in [-0.05, 0) is 43.4 Å². The predicted octanol–water partition coefficient (Wildman–Crippen LogP) is 4.93. The fourth-order valence-electron chi connectivity index (χ4n) is 4.22. The average molecular weight is 445 g/mol. The van der Waals surface area contributed by atoms with Crippen molar-refractivity contribution >= 4 is 23.4 Å². The lowest BCUT2D eigenvalue weighted by Gasteiger charge is -2.31. The van der Waals surface area contributed by atoms with Crippen LogP contribution in [0.4, 0.5) is 4.39 Å². The van der Waals surface area contributed by atoms with E-state index in [0.29, 0.717) is 19.4 Å². The summed E-state index contributed by atoms with van der Waals surface area (Å²) in [4.78, 5) is 28.0. The molecule has 1 atom stereocenters. The van der Waals surface area contributed by atoms with Crippen molar-refractivity contribution in [2.24, 2.45) is 0 Å². The Morgan fingerprint density at radius 3 is 2.48 bits per heavy atom. The minimum atomic E-state index is -0.595. The molecule has 3 rings (SSSR count). The highest BCUT2D eigenvalue weighted by atomic mass is 35.5. The Hall–Kier alpha value is -2.40. The maximum absolute atomic E-state index is 14.3. The van der Waals surface area contributed by atoms with E-state index in [1.807, 2.05) is 37.3 Å². The minimum Gasteiger partial charge on any atom is -0.352 e. The number of halogens is 2. The summed E-state index contributed by atoms with van der Waals surface area (Å²) < 4.78 is 14.3. The molecule has 0 saturated heterocycles. The first-order valence-electron chi connectivity index (χ1n) is 11.1. The number of carbonyl (C=O) groups excluding carboxylic acids is 2. The first-order chi connectivity index (χ1) is 15.0. The third-order valence-corrected chi connectivity index (χ3v) is 6.32. The molecule has 31 heavy (non-hydrogen) atoms. The van der Waals surface area contributed by atoms with Crippen molar-refractivity contribution in [3.8, 4) is 0 Å². The van der Waals surface area contributed by atoms with Gasteiger partial charge in [-0.2, -0.15) is 0 Å². The normalized spacial score (nSPS) is 14.9. The van der Waals surface area contributed by atoms with Crippen LogP contribution in [0.5, 0.6) is 0 Å². The van der Waals surface area contributed by atoms with Crippen molar-refractivity contribution in [3.05, 3.63) is 70.5 Å². The number of carbonyl (C=O) groups is 2. The highest BCUT2D eigenvalue weighted by Crippen LogP contribution is 2.22. The Balaban J connectivity index is 1.79. The standard InChI is InChI=1S/C25H30ClFN2O2/c1-2-23(25(31)28-19-11-6-7-12-19)29(16-15-18-9-4-3-5-10-18)24(30)17-20-21(26)13-8-14-22(20)27/h3-5,8-10,13-14,19,23H,2,6-7,11-12,15-17H2,1H3,(H,28,31)/t23-/m1/s1. The van der Waals surface area contributed by atoms with Gasteiger partial charge in [-0.1, -0.05) is 67.8 Å².